The second-order valence-electron chi connectivity index (χ2n) is 6.04. The maximum absolute atomic E-state index is 12.5. The summed E-state index contributed by atoms with van der Waals surface area (Å²) in [4.78, 5) is 14.3. The molecular formula is C16H22N2O3S. The van der Waals surface area contributed by atoms with E-state index in [1.807, 2.05) is 27.7 Å². The first kappa shape index (κ1) is 16.5. The van der Waals surface area contributed by atoms with Crippen molar-refractivity contribution in [1.29, 1.82) is 0 Å². The van der Waals surface area contributed by atoms with E-state index in [4.69, 9.17) is 0 Å². The summed E-state index contributed by atoms with van der Waals surface area (Å²) in [6.45, 7) is 11.6. The van der Waals surface area contributed by atoms with Crippen LogP contribution < -0.4 is 9.62 Å². The summed E-state index contributed by atoms with van der Waals surface area (Å²) >= 11 is 0. The highest BCUT2D eigenvalue weighted by molar-refractivity contribution is 7.92. The lowest BCUT2D eigenvalue weighted by molar-refractivity contribution is -0.122. The van der Waals surface area contributed by atoms with Gasteiger partial charge in [-0.1, -0.05) is 6.08 Å². The Bertz CT molecular complexity index is 736. The maximum atomic E-state index is 12.5. The minimum absolute atomic E-state index is 0.0409. The molecule has 0 aliphatic carbocycles. The van der Waals surface area contributed by atoms with Gasteiger partial charge < -0.3 is 4.90 Å². The Labute approximate surface area is 132 Å². The minimum Gasteiger partial charge on any atom is -0.311 e. The van der Waals surface area contributed by atoms with Crippen LogP contribution in [0.25, 0.3) is 0 Å². The molecule has 0 radical (unpaired) electrons. The smallest absolute Gasteiger partial charge is 0.237 e. The summed E-state index contributed by atoms with van der Waals surface area (Å²) < 4.78 is 26.3. The van der Waals surface area contributed by atoms with E-state index < -0.39 is 15.4 Å². The number of aryl methyl sites for hydroxylation is 1. The largest absolute Gasteiger partial charge is 0.311 e. The normalized spacial score (nSPS) is 16.5. The van der Waals surface area contributed by atoms with E-state index in [1.165, 1.54) is 6.08 Å². The molecule has 1 aromatic rings. The quantitative estimate of drug-likeness (QED) is 0.847. The molecule has 1 aliphatic heterocycles. The molecular weight excluding hydrogens is 300 g/mol. The van der Waals surface area contributed by atoms with Gasteiger partial charge in [-0.15, -0.1) is 6.58 Å². The van der Waals surface area contributed by atoms with Crippen LogP contribution in [0.4, 0.5) is 11.4 Å². The summed E-state index contributed by atoms with van der Waals surface area (Å²) in [5.74, 6) is -0.105. The molecule has 1 amide bonds. The van der Waals surface area contributed by atoms with Gasteiger partial charge in [-0.25, -0.2) is 8.42 Å². The molecule has 5 nitrogen and oxygen atoms in total. The Morgan fingerprint density at radius 1 is 1.36 bits per heavy atom. The number of likely N-dealkylation sites (N-methyl/N-ethyl adjacent to an activating group) is 1. The van der Waals surface area contributed by atoms with Crippen LogP contribution in [-0.4, -0.2) is 26.6 Å². The highest BCUT2D eigenvalue weighted by Gasteiger charge is 2.44. The predicted molar refractivity (Wildman–Crippen MR) is 89.8 cm³/mol. The third-order valence-corrected chi connectivity index (χ3v) is 5.17. The molecule has 0 saturated heterocycles. The number of rotatable bonds is 5. The van der Waals surface area contributed by atoms with Crippen LogP contribution in [0.1, 0.15) is 31.9 Å². The van der Waals surface area contributed by atoms with Crippen molar-refractivity contribution in [3.05, 3.63) is 35.9 Å². The molecule has 0 unspecified atom stereocenters. The molecule has 1 aromatic carbocycles. The van der Waals surface area contributed by atoms with Crippen LogP contribution in [0.3, 0.4) is 0 Å². The molecule has 0 spiro atoms. The third kappa shape index (κ3) is 2.63. The molecule has 0 aromatic heterocycles. The average Bonchev–Trinajstić information content (AvgIpc) is 2.58. The highest BCUT2D eigenvalue weighted by atomic mass is 32.2. The summed E-state index contributed by atoms with van der Waals surface area (Å²) in [6, 6.07) is 3.52. The van der Waals surface area contributed by atoms with Gasteiger partial charge in [0.25, 0.3) is 0 Å². The van der Waals surface area contributed by atoms with Gasteiger partial charge in [-0.05, 0) is 51.0 Å². The van der Waals surface area contributed by atoms with E-state index in [9.17, 15) is 13.2 Å². The number of sulfonamides is 1. The van der Waals surface area contributed by atoms with E-state index in [0.29, 0.717) is 12.2 Å². The number of hydrogen-bond donors (Lipinski definition) is 1. The molecule has 1 heterocycles. The molecule has 22 heavy (non-hydrogen) atoms. The number of carbonyl (C=O) groups excluding carboxylic acids is 1. The van der Waals surface area contributed by atoms with Gasteiger partial charge in [-0.2, -0.15) is 0 Å². The summed E-state index contributed by atoms with van der Waals surface area (Å²) in [6.07, 6.45) is 1.34. The topological polar surface area (TPSA) is 66.5 Å². The van der Waals surface area contributed by atoms with Crippen molar-refractivity contribution in [2.75, 3.05) is 21.9 Å². The second-order valence-corrected chi connectivity index (χ2v) is 7.80. The van der Waals surface area contributed by atoms with Crippen LogP contribution >= 0.6 is 0 Å². The van der Waals surface area contributed by atoms with Crippen molar-refractivity contribution in [3.63, 3.8) is 0 Å². The lowest BCUT2D eigenvalue weighted by Gasteiger charge is -2.18. The number of nitrogens with zero attached hydrogens (tertiary/aromatic N) is 1. The van der Waals surface area contributed by atoms with Gasteiger partial charge in [0.1, 0.15) is 0 Å². The Hall–Kier alpha value is -1.82. The minimum atomic E-state index is -3.46. The molecule has 0 atom stereocenters. The number of amides is 1. The SMILES string of the molecule is C=CCS(=O)(=O)Nc1cc(C)c2c(c1)C(C)(C)C(=O)N2CC. The zero-order valence-corrected chi connectivity index (χ0v) is 14.3. The fourth-order valence-electron chi connectivity index (χ4n) is 2.91. The molecule has 1 aliphatic rings. The second kappa shape index (κ2) is 5.43. The van der Waals surface area contributed by atoms with Crippen LogP contribution in [0.2, 0.25) is 0 Å². The first-order valence-corrected chi connectivity index (χ1v) is 8.87. The van der Waals surface area contributed by atoms with Gasteiger partial charge in [-0.3, -0.25) is 9.52 Å². The first-order valence-electron chi connectivity index (χ1n) is 7.22. The predicted octanol–water partition coefficient (Wildman–Crippen LogP) is 2.57. The molecule has 0 fully saturated rings. The summed E-state index contributed by atoms with van der Waals surface area (Å²) in [5, 5.41) is 0. The van der Waals surface area contributed by atoms with Gasteiger partial charge in [0.15, 0.2) is 0 Å². The zero-order chi connectivity index (χ0) is 16.7. The van der Waals surface area contributed by atoms with Crippen LogP contribution in [0.5, 0.6) is 0 Å². The van der Waals surface area contributed by atoms with Crippen molar-refractivity contribution >= 4 is 27.3 Å². The van der Waals surface area contributed by atoms with Crippen LogP contribution in [-0.2, 0) is 20.2 Å². The van der Waals surface area contributed by atoms with Crippen LogP contribution in [0, 0.1) is 6.92 Å². The van der Waals surface area contributed by atoms with Crippen molar-refractivity contribution in [3.8, 4) is 0 Å². The van der Waals surface area contributed by atoms with Gasteiger partial charge >= 0.3 is 0 Å². The number of fused-ring (bicyclic) bond motifs is 1. The monoisotopic (exact) mass is 322 g/mol. The fourth-order valence-corrected chi connectivity index (χ4v) is 3.78. The van der Waals surface area contributed by atoms with E-state index in [-0.39, 0.29) is 11.7 Å². The standard InChI is InChI=1S/C16H22N2O3S/c1-6-8-22(20,21)17-12-9-11(3)14-13(10-12)16(4,5)15(19)18(14)7-2/h6,9-10,17H,1,7-8H2,2-5H3. The molecule has 2 rings (SSSR count). The first-order chi connectivity index (χ1) is 10.1. The Morgan fingerprint density at radius 3 is 2.55 bits per heavy atom. The lowest BCUT2D eigenvalue weighted by Crippen LogP contribution is -2.36. The average molecular weight is 322 g/mol. The van der Waals surface area contributed by atoms with E-state index in [1.54, 1.807) is 17.0 Å². The molecule has 6 heteroatoms. The third-order valence-electron chi connectivity index (χ3n) is 3.95. The van der Waals surface area contributed by atoms with Crippen molar-refractivity contribution in [2.45, 2.75) is 33.1 Å². The van der Waals surface area contributed by atoms with Crippen LogP contribution in [0.15, 0.2) is 24.8 Å². The van der Waals surface area contributed by atoms with Crippen molar-refractivity contribution < 1.29 is 13.2 Å². The number of benzene rings is 1. The Balaban J connectivity index is 2.54. The van der Waals surface area contributed by atoms with E-state index in [2.05, 4.69) is 11.3 Å². The number of nitrogens with one attached hydrogen (secondary N) is 1. The van der Waals surface area contributed by atoms with E-state index >= 15 is 0 Å². The zero-order valence-electron chi connectivity index (χ0n) is 13.4. The highest BCUT2D eigenvalue weighted by Crippen LogP contribution is 2.44. The number of anilines is 2. The lowest BCUT2D eigenvalue weighted by atomic mass is 9.85. The molecule has 0 bridgehead atoms. The summed E-state index contributed by atoms with van der Waals surface area (Å²) in [5.41, 5.74) is 2.46. The Morgan fingerprint density at radius 2 is 2.00 bits per heavy atom. The van der Waals surface area contributed by atoms with Gasteiger partial charge in [0.2, 0.25) is 15.9 Å². The Kier molecular flexibility index (Phi) is 4.08. The number of carbonyl (C=O) groups is 1. The van der Waals surface area contributed by atoms with Crippen molar-refractivity contribution in [2.24, 2.45) is 0 Å². The van der Waals surface area contributed by atoms with Crippen molar-refractivity contribution in [1.82, 2.24) is 0 Å². The molecule has 120 valence electrons. The van der Waals surface area contributed by atoms with Gasteiger partial charge in [0.05, 0.1) is 16.9 Å². The number of hydrogen-bond acceptors (Lipinski definition) is 3. The molecule has 1 N–H and O–H groups in total. The molecule has 0 saturated carbocycles. The fraction of sp³-hybridized carbons (Fsp3) is 0.438. The summed E-state index contributed by atoms with van der Waals surface area (Å²) in [7, 11) is -3.46. The van der Waals surface area contributed by atoms with Gasteiger partial charge in [0, 0.05) is 12.2 Å². The van der Waals surface area contributed by atoms with E-state index in [0.717, 1.165) is 16.8 Å². The maximum Gasteiger partial charge on any atom is 0.237 e.